The average Bonchev–Trinajstić information content (AvgIpc) is 3.23. The molecule has 1 atom stereocenters. The van der Waals surface area contributed by atoms with E-state index in [2.05, 4.69) is 40.1 Å². The van der Waals surface area contributed by atoms with Crippen LogP contribution in [-0.4, -0.2) is 17.6 Å². The number of hydrazine groups is 1. The Morgan fingerprint density at radius 1 is 1.09 bits per heavy atom. The number of carbonyl (C=O) groups is 1. The highest BCUT2D eigenvalue weighted by Gasteiger charge is 2.28. The number of halogens is 1. The number of carbonyl (C=O) groups excluding carboxylic acids is 1. The second-order valence-electron chi connectivity index (χ2n) is 8.77. The minimum atomic E-state index is -1.26. The number of nitrogens with zero attached hydrogens (tertiary/aromatic N) is 1. The lowest BCUT2D eigenvalue weighted by Gasteiger charge is -2.31. The summed E-state index contributed by atoms with van der Waals surface area (Å²) in [6, 6.07) is 20.2. The van der Waals surface area contributed by atoms with Crippen molar-refractivity contribution in [3.05, 3.63) is 101 Å². The van der Waals surface area contributed by atoms with Crippen LogP contribution in [0.5, 0.6) is 0 Å². The molecule has 1 aromatic heterocycles. The maximum absolute atomic E-state index is 14.5. The number of rotatable bonds is 7. The molecule has 5 rings (SSSR count). The lowest BCUT2D eigenvalue weighted by Crippen LogP contribution is -2.15. The number of hydrogen-bond acceptors (Lipinski definition) is 5. The van der Waals surface area contributed by atoms with Crippen LogP contribution in [0.15, 0.2) is 72.9 Å². The van der Waals surface area contributed by atoms with Gasteiger partial charge >= 0.3 is 5.97 Å². The maximum atomic E-state index is 14.5. The van der Waals surface area contributed by atoms with Gasteiger partial charge in [0.1, 0.15) is 0 Å². The van der Waals surface area contributed by atoms with Gasteiger partial charge in [-0.15, -0.1) is 0 Å². The van der Waals surface area contributed by atoms with Gasteiger partial charge in [-0.3, -0.25) is 4.98 Å². The van der Waals surface area contributed by atoms with Crippen molar-refractivity contribution in [2.24, 2.45) is 5.92 Å². The number of nitrogens with one attached hydrogen (secondary N) is 2. The Balaban J connectivity index is 1.63. The molecular formula is C29H28FN3O2. The van der Waals surface area contributed by atoms with Gasteiger partial charge in [0.15, 0.2) is 6.30 Å². The summed E-state index contributed by atoms with van der Waals surface area (Å²) in [6.07, 6.45) is 7.06. The van der Waals surface area contributed by atoms with E-state index in [1.54, 1.807) is 13.0 Å². The lowest BCUT2D eigenvalue weighted by molar-refractivity contribution is -0.137. The van der Waals surface area contributed by atoms with E-state index in [1.165, 1.54) is 23.6 Å². The normalized spacial score (nSPS) is 17.9. The number of allylic oxidation sites excluding steroid dienone is 1. The van der Waals surface area contributed by atoms with Crippen LogP contribution in [0.25, 0.3) is 17.2 Å². The van der Waals surface area contributed by atoms with Crippen molar-refractivity contribution in [2.45, 2.75) is 32.5 Å². The van der Waals surface area contributed by atoms with Gasteiger partial charge in [-0.05, 0) is 72.2 Å². The number of alkyl halides is 1. The molecule has 1 fully saturated rings. The van der Waals surface area contributed by atoms with Crippen molar-refractivity contribution < 1.29 is 13.9 Å². The number of benzene rings is 2. The fraction of sp³-hybridized carbons (Fsp3) is 0.241. The zero-order valence-corrected chi connectivity index (χ0v) is 19.6. The number of esters is 1. The van der Waals surface area contributed by atoms with Crippen LogP contribution < -0.4 is 10.9 Å². The summed E-state index contributed by atoms with van der Waals surface area (Å²) in [5.74, 6) is 0.0397. The maximum Gasteiger partial charge on any atom is 0.330 e. The fourth-order valence-corrected chi connectivity index (χ4v) is 4.63. The van der Waals surface area contributed by atoms with Crippen LogP contribution in [0.4, 0.5) is 10.1 Å². The van der Waals surface area contributed by atoms with E-state index in [4.69, 9.17) is 4.74 Å². The largest absolute Gasteiger partial charge is 0.463 e. The first kappa shape index (κ1) is 23.0. The first-order valence-corrected chi connectivity index (χ1v) is 12.0. The van der Waals surface area contributed by atoms with Crippen molar-refractivity contribution in [1.29, 1.82) is 0 Å². The van der Waals surface area contributed by atoms with Gasteiger partial charge in [0.25, 0.3) is 0 Å². The monoisotopic (exact) mass is 469 g/mol. The number of ether oxygens (including phenoxy) is 1. The van der Waals surface area contributed by atoms with E-state index >= 15 is 0 Å². The molecule has 1 unspecified atom stereocenters. The minimum Gasteiger partial charge on any atom is -0.463 e. The molecule has 1 aliphatic carbocycles. The summed E-state index contributed by atoms with van der Waals surface area (Å²) in [6.45, 7) is 2.11. The average molecular weight is 470 g/mol. The van der Waals surface area contributed by atoms with E-state index in [9.17, 15) is 9.18 Å². The van der Waals surface area contributed by atoms with Crippen LogP contribution >= 0.6 is 0 Å². The van der Waals surface area contributed by atoms with Gasteiger partial charge < -0.3 is 10.2 Å². The number of hydrogen-bond donors (Lipinski definition) is 2. The van der Waals surface area contributed by atoms with E-state index in [-0.39, 0.29) is 0 Å². The Bertz CT molecular complexity index is 1260. The Kier molecular flexibility index (Phi) is 6.73. The van der Waals surface area contributed by atoms with Crippen molar-refractivity contribution in [2.75, 3.05) is 12.0 Å². The van der Waals surface area contributed by atoms with Crippen molar-refractivity contribution in [1.82, 2.24) is 10.4 Å². The molecule has 2 aromatic carbocycles. The summed E-state index contributed by atoms with van der Waals surface area (Å²) >= 11 is 0. The number of fused-ring (bicyclic) bond motifs is 1. The predicted molar refractivity (Wildman–Crippen MR) is 137 cm³/mol. The zero-order chi connectivity index (χ0) is 24.2. The molecule has 1 aliphatic heterocycles. The second-order valence-corrected chi connectivity index (χ2v) is 8.77. The second kappa shape index (κ2) is 10.2. The highest BCUT2D eigenvalue weighted by molar-refractivity contribution is 6.00. The first-order valence-electron chi connectivity index (χ1n) is 12.0. The highest BCUT2D eigenvalue weighted by atomic mass is 19.1. The molecule has 0 bridgehead atoms. The van der Waals surface area contributed by atoms with Crippen LogP contribution in [0.2, 0.25) is 0 Å². The molecule has 2 N–H and O–H groups in total. The Labute approximate surface area is 204 Å². The number of anilines is 1. The molecule has 2 aliphatic rings. The zero-order valence-electron chi connectivity index (χ0n) is 19.6. The molecule has 0 spiro atoms. The number of pyridine rings is 1. The Morgan fingerprint density at radius 3 is 2.57 bits per heavy atom. The van der Waals surface area contributed by atoms with Crippen molar-refractivity contribution in [3.63, 3.8) is 0 Å². The highest BCUT2D eigenvalue weighted by Crippen LogP contribution is 2.45. The molecule has 1 saturated carbocycles. The van der Waals surface area contributed by atoms with Crippen molar-refractivity contribution in [3.8, 4) is 0 Å². The standard InChI is InChI=1S/C29H28FN3O2/c1-2-35-26(34)16-14-23-13-11-22(18-31-23)28(21-12-15-25-24(17-21)29(30)33-32-25)27(20-9-6-10-20)19-7-4-3-5-8-19/h3-5,7-8,11-18,20,29,32-33H,2,6,9-10H2,1H3/b16-14+,28-27+. The molecule has 6 heteroatoms. The van der Waals surface area contributed by atoms with Gasteiger partial charge in [-0.1, -0.05) is 48.9 Å². The van der Waals surface area contributed by atoms with Crippen LogP contribution in [0.3, 0.4) is 0 Å². The summed E-state index contributed by atoms with van der Waals surface area (Å²) in [7, 11) is 0. The van der Waals surface area contributed by atoms with Gasteiger partial charge in [-0.25, -0.2) is 14.6 Å². The van der Waals surface area contributed by atoms with Gasteiger partial charge in [0.2, 0.25) is 0 Å². The summed E-state index contributed by atoms with van der Waals surface area (Å²) in [5, 5.41) is 0. The Morgan fingerprint density at radius 2 is 1.89 bits per heavy atom. The summed E-state index contributed by atoms with van der Waals surface area (Å²) in [5.41, 5.74) is 13.0. The van der Waals surface area contributed by atoms with Crippen LogP contribution in [-0.2, 0) is 9.53 Å². The smallest absolute Gasteiger partial charge is 0.330 e. The number of aromatic nitrogens is 1. The SMILES string of the molecule is CCOC(=O)/C=C/c1ccc(/C(=C(\c2ccccc2)C2CCC2)c2ccc3c(c2)C(F)NN3)cn1. The third-order valence-corrected chi connectivity index (χ3v) is 6.57. The van der Waals surface area contributed by atoms with Crippen molar-refractivity contribution >= 4 is 28.9 Å². The fourth-order valence-electron chi connectivity index (χ4n) is 4.63. The van der Waals surface area contributed by atoms with Gasteiger partial charge in [0, 0.05) is 23.4 Å². The molecule has 0 radical (unpaired) electrons. The first-order chi connectivity index (χ1) is 17.1. The molecule has 0 amide bonds. The molecule has 35 heavy (non-hydrogen) atoms. The minimum absolute atomic E-state index is 0.332. The third-order valence-electron chi connectivity index (χ3n) is 6.57. The summed E-state index contributed by atoms with van der Waals surface area (Å²) < 4.78 is 19.5. The Hall–Kier alpha value is -3.77. The van der Waals surface area contributed by atoms with Crippen LogP contribution in [0, 0.1) is 5.92 Å². The molecule has 5 nitrogen and oxygen atoms in total. The van der Waals surface area contributed by atoms with Gasteiger partial charge in [0.05, 0.1) is 18.0 Å². The van der Waals surface area contributed by atoms with Crippen LogP contribution in [0.1, 0.15) is 60.4 Å². The van der Waals surface area contributed by atoms with E-state index in [0.717, 1.165) is 35.2 Å². The molecule has 178 valence electrons. The summed E-state index contributed by atoms with van der Waals surface area (Å²) in [4.78, 5) is 16.3. The molecular weight excluding hydrogens is 441 g/mol. The molecule has 0 saturated heterocycles. The van der Waals surface area contributed by atoms with Gasteiger partial charge in [-0.2, -0.15) is 0 Å². The predicted octanol–water partition coefficient (Wildman–Crippen LogP) is 6.32. The lowest BCUT2D eigenvalue weighted by atomic mass is 9.73. The molecule has 3 aromatic rings. The van der Waals surface area contributed by atoms with E-state index < -0.39 is 12.3 Å². The van der Waals surface area contributed by atoms with E-state index in [1.807, 2.05) is 42.6 Å². The molecule has 2 heterocycles. The topological polar surface area (TPSA) is 63.2 Å². The third kappa shape index (κ3) is 4.88. The quantitative estimate of drug-likeness (QED) is 0.184. The van der Waals surface area contributed by atoms with E-state index in [0.29, 0.717) is 23.8 Å².